The average molecular weight is 423 g/mol. The van der Waals surface area contributed by atoms with Crippen molar-refractivity contribution in [2.45, 2.75) is 27.0 Å². The highest BCUT2D eigenvalue weighted by Crippen LogP contribution is 2.23. The van der Waals surface area contributed by atoms with E-state index in [0.29, 0.717) is 18.1 Å². The molecule has 0 spiro atoms. The number of aryl methyl sites for hydroxylation is 2. The van der Waals surface area contributed by atoms with E-state index in [1.54, 1.807) is 11.6 Å². The van der Waals surface area contributed by atoms with Crippen LogP contribution in [0, 0.1) is 13.8 Å². The maximum absolute atomic E-state index is 12.6. The van der Waals surface area contributed by atoms with Gasteiger partial charge in [-0.05, 0) is 19.4 Å². The first-order valence-corrected chi connectivity index (χ1v) is 9.72. The number of halogens is 1. The molecular weight excluding hydrogens is 404 g/mol. The summed E-state index contributed by atoms with van der Waals surface area (Å²) < 4.78 is 12.1. The molecule has 2 heterocycles. The number of ether oxygens (including phenoxy) is 1. The highest BCUT2D eigenvalue weighted by Gasteiger charge is 2.22. The Balaban J connectivity index is 1.44. The fourth-order valence-electron chi connectivity index (χ4n) is 2.98. The molecule has 0 atom stereocenters. The normalized spacial score (nSPS) is 10.9. The van der Waals surface area contributed by atoms with Gasteiger partial charge in [-0.3, -0.25) is 0 Å². The first-order chi connectivity index (χ1) is 14.5. The summed E-state index contributed by atoms with van der Waals surface area (Å²) in [6.45, 7) is 4.01. The Morgan fingerprint density at radius 3 is 2.57 bits per heavy atom. The molecule has 30 heavy (non-hydrogen) atoms. The molecule has 0 aliphatic rings. The minimum atomic E-state index is -0.591. The predicted octanol–water partition coefficient (Wildman–Crippen LogP) is 4.61. The van der Waals surface area contributed by atoms with Gasteiger partial charge in [-0.25, -0.2) is 9.48 Å². The highest BCUT2D eigenvalue weighted by molar-refractivity contribution is 6.32. The summed E-state index contributed by atoms with van der Waals surface area (Å²) in [5.74, 6) is 0.0437. The lowest BCUT2D eigenvalue weighted by Gasteiger charge is -2.04. The van der Waals surface area contributed by atoms with Crippen LogP contribution in [0.2, 0.25) is 5.15 Å². The number of carbonyl (C=O) groups excluding carboxylic acids is 1. The van der Waals surface area contributed by atoms with E-state index in [1.807, 2.05) is 61.5 Å². The third-order valence-corrected chi connectivity index (χ3v) is 4.93. The average Bonchev–Trinajstić information content (AvgIpc) is 3.32. The lowest BCUT2D eigenvalue weighted by molar-refractivity contribution is 0.0429. The van der Waals surface area contributed by atoms with Crippen molar-refractivity contribution in [3.63, 3.8) is 0 Å². The van der Waals surface area contributed by atoms with Crippen molar-refractivity contribution in [1.82, 2.24) is 19.9 Å². The van der Waals surface area contributed by atoms with Crippen molar-refractivity contribution >= 4 is 17.6 Å². The molecule has 4 aromatic rings. The van der Waals surface area contributed by atoms with Gasteiger partial charge in [-0.15, -0.1) is 0 Å². The second kappa shape index (κ2) is 8.51. The summed E-state index contributed by atoms with van der Waals surface area (Å²) in [7, 11) is 0. The lowest BCUT2D eigenvalue weighted by Crippen LogP contribution is -2.07. The number of hydrogen-bond donors (Lipinski definition) is 0. The Kier molecular flexibility index (Phi) is 5.63. The molecule has 0 amide bonds. The zero-order chi connectivity index (χ0) is 21.1. The smallest absolute Gasteiger partial charge is 0.343 e. The van der Waals surface area contributed by atoms with Gasteiger partial charge in [0.1, 0.15) is 10.7 Å². The van der Waals surface area contributed by atoms with Crippen molar-refractivity contribution in [2.24, 2.45) is 0 Å². The van der Waals surface area contributed by atoms with E-state index >= 15 is 0 Å². The SMILES string of the molecule is Cc1ccc(-c2noc(COC(=O)c3c(C)nn(Cc4ccccc4)c3Cl)n2)cc1. The summed E-state index contributed by atoms with van der Waals surface area (Å²) in [5, 5.41) is 8.53. The number of benzene rings is 2. The monoisotopic (exact) mass is 422 g/mol. The summed E-state index contributed by atoms with van der Waals surface area (Å²) >= 11 is 6.40. The number of carbonyl (C=O) groups is 1. The third-order valence-electron chi connectivity index (χ3n) is 4.55. The molecule has 152 valence electrons. The molecule has 4 rings (SSSR count). The topological polar surface area (TPSA) is 83.0 Å². The van der Waals surface area contributed by atoms with Gasteiger partial charge >= 0.3 is 5.97 Å². The molecule has 0 unspecified atom stereocenters. The molecule has 7 nitrogen and oxygen atoms in total. The van der Waals surface area contributed by atoms with E-state index in [1.165, 1.54) is 0 Å². The van der Waals surface area contributed by atoms with Crippen molar-refractivity contribution in [3.05, 3.63) is 88.0 Å². The third kappa shape index (κ3) is 4.26. The van der Waals surface area contributed by atoms with Crippen LogP contribution in [0.4, 0.5) is 0 Å². The van der Waals surface area contributed by atoms with E-state index < -0.39 is 5.97 Å². The minimum Gasteiger partial charge on any atom is -0.452 e. The molecule has 2 aromatic carbocycles. The van der Waals surface area contributed by atoms with Gasteiger partial charge in [0.15, 0.2) is 6.61 Å². The Bertz CT molecular complexity index is 1170. The fourth-order valence-corrected chi connectivity index (χ4v) is 3.29. The summed E-state index contributed by atoms with van der Waals surface area (Å²) in [6.07, 6.45) is 0. The Labute approximate surface area is 178 Å². The molecule has 0 bridgehead atoms. The van der Waals surface area contributed by atoms with Crippen LogP contribution in [-0.2, 0) is 17.9 Å². The summed E-state index contributed by atoms with van der Waals surface area (Å²) in [4.78, 5) is 16.9. The van der Waals surface area contributed by atoms with Crippen LogP contribution in [0.25, 0.3) is 11.4 Å². The second-order valence-corrected chi connectivity index (χ2v) is 7.21. The van der Waals surface area contributed by atoms with Crippen molar-refractivity contribution in [1.29, 1.82) is 0 Å². The summed E-state index contributed by atoms with van der Waals surface area (Å²) in [5.41, 5.74) is 3.70. The standard InChI is InChI=1S/C22H19ClN4O3/c1-14-8-10-17(11-9-14)21-24-18(30-26-21)13-29-22(28)19-15(2)25-27(20(19)23)12-16-6-4-3-5-7-16/h3-11H,12-13H2,1-2H3. The van der Waals surface area contributed by atoms with E-state index in [-0.39, 0.29) is 23.2 Å². The van der Waals surface area contributed by atoms with E-state index in [4.69, 9.17) is 20.9 Å². The molecule has 0 aliphatic heterocycles. The van der Waals surface area contributed by atoms with Gasteiger partial charge in [0.2, 0.25) is 5.82 Å². The van der Waals surface area contributed by atoms with Crippen molar-refractivity contribution in [2.75, 3.05) is 0 Å². The Morgan fingerprint density at radius 2 is 1.83 bits per heavy atom. The molecule has 0 aliphatic carbocycles. The van der Waals surface area contributed by atoms with Crippen LogP contribution < -0.4 is 0 Å². The molecule has 8 heteroatoms. The van der Waals surface area contributed by atoms with Crippen LogP contribution in [0.5, 0.6) is 0 Å². The van der Waals surface area contributed by atoms with E-state index in [9.17, 15) is 4.79 Å². The number of rotatable bonds is 6. The number of esters is 1. The van der Waals surface area contributed by atoms with Crippen LogP contribution in [0.15, 0.2) is 59.1 Å². The predicted molar refractivity (Wildman–Crippen MR) is 111 cm³/mol. The van der Waals surface area contributed by atoms with Gasteiger partial charge in [0.25, 0.3) is 5.89 Å². The number of hydrogen-bond acceptors (Lipinski definition) is 6. The van der Waals surface area contributed by atoms with Gasteiger partial charge in [0.05, 0.1) is 12.2 Å². The fraction of sp³-hybridized carbons (Fsp3) is 0.182. The Morgan fingerprint density at radius 1 is 1.10 bits per heavy atom. The molecule has 0 saturated carbocycles. The van der Waals surface area contributed by atoms with Crippen LogP contribution >= 0.6 is 11.6 Å². The molecule has 0 radical (unpaired) electrons. The maximum atomic E-state index is 12.6. The largest absolute Gasteiger partial charge is 0.452 e. The zero-order valence-corrected chi connectivity index (χ0v) is 17.3. The molecule has 2 aromatic heterocycles. The van der Waals surface area contributed by atoms with Crippen molar-refractivity contribution in [3.8, 4) is 11.4 Å². The first-order valence-electron chi connectivity index (χ1n) is 9.35. The molecular formula is C22H19ClN4O3. The van der Waals surface area contributed by atoms with Gasteiger partial charge in [0, 0.05) is 5.56 Å². The van der Waals surface area contributed by atoms with E-state index in [2.05, 4.69) is 15.2 Å². The molecule has 0 saturated heterocycles. The summed E-state index contributed by atoms with van der Waals surface area (Å²) in [6, 6.07) is 17.5. The van der Waals surface area contributed by atoms with Crippen LogP contribution in [-0.4, -0.2) is 25.9 Å². The number of nitrogens with zero attached hydrogens (tertiary/aromatic N) is 4. The first kappa shape index (κ1) is 19.8. The minimum absolute atomic E-state index is 0.155. The number of aromatic nitrogens is 4. The maximum Gasteiger partial charge on any atom is 0.343 e. The molecule has 0 fully saturated rings. The van der Waals surface area contributed by atoms with E-state index in [0.717, 1.165) is 16.7 Å². The Hall–Kier alpha value is -3.45. The quantitative estimate of drug-likeness (QED) is 0.422. The lowest BCUT2D eigenvalue weighted by atomic mass is 10.1. The highest BCUT2D eigenvalue weighted by atomic mass is 35.5. The van der Waals surface area contributed by atoms with Gasteiger partial charge in [-0.2, -0.15) is 10.1 Å². The zero-order valence-electron chi connectivity index (χ0n) is 16.5. The van der Waals surface area contributed by atoms with Crippen LogP contribution in [0.3, 0.4) is 0 Å². The van der Waals surface area contributed by atoms with Gasteiger partial charge < -0.3 is 9.26 Å². The van der Waals surface area contributed by atoms with Crippen LogP contribution in [0.1, 0.15) is 33.1 Å². The van der Waals surface area contributed by atoms with Crippen molar-refractivity contribution < 1.29 is 14.1 Å². The van der Waals surface area contributed by atoms with Gasteiger partial charge in [-0.1, -0.05) is 76.9 Å². The second-order valence-electron chi connectivity index (χ2n) is 6.85. The molecule has 0 N–H and O–H groups in total.